The highest BCUT2D eigenvalue weighted by molar-refractivity contribution is 5.91. The topological polar surface area (TPSA) is 49.8 Å². The van der Waals surface area contributed by atoms with Crippen LogP contribution in [-0.2, 0) is 17.5 Å². The highest BCUT2D eigenvalue weighted by atomic mass is 19.4. The predicted molar refractivity (Wildman–Crippen MR) is 117 cm³/mol. The predicted octanol–water partition coefficient (Wildman–Crippen LogP) is 6.11. The van der Waals surface area contributed by atoms with Gasteiger partial charge >= 0.3 is 12.1 Å². The maximum absolute atomic E-state index is 14.3. The van der Waals surface area contributed by atoms with E-state index in [1.807, 2.05) is 4.90 Å². The van der Waals surface area contributed by atoms with E-state index in [1.165, 1.54) is 6.07 Å². The largest absolute Gasteiger partial charge is 0.490 e. The number of hydrogen-bond acceptors (Lipinski definition) is 3. The number of likely N-dealkylation sites (tertiary alicyclic amines) is 1. The molecule has 2 fully saturated rings. The first-order valence-corrected chi connectivity index (χ1v) is 11.5. The van der Waals surface area contributed by atoms with Crippen LogP contribution >= 0.6 is 0 Å². The Morgan fingerprint density at radius 1 is 1.06 bits per heavy atom. The lowest BCUT2D eigenvalue weighted by molar-refractivity contribution is -0.143. The standard InChI is InChI=1S/C25H30F3NO3/c1-16-5-8-20(9-6-16)32-21-10-7-17-3-2-4-19(22(17)23(21)25(26,27)28)15-29-13-11-18(12-14-29)24(30)31/h2-4,7,10,16,18,20H,5-6,8-9,11-15H2,1H3,(H,30,31). The summed E-state index contributed by atoms with van der Waals surface area (Å²) in [5.41, 5.74) is -0.0871. The average Bonchev–Trinajstić information content (AvgIpc) is 2.75. The summed E-state index contributed by atoms with van der Waals surface area (Å²) in [5, 5.41) is 9.94. The number of nitrogens with zero attached hydrogens (tertiary/aromatic N) is 1. The molecule has 0 atom stereocenters. The van der Waals surface area contributed by atoms with Crippen LogP contribution in [0.2, 0.25) is 0 Å². The Morgan fingerprint density at radius 3 is 2.38 bits per heavy atom. The molecule has 1 saturated heterocycles. The van der Waals surface area contributed by atoms with Gasteiger partial charge in [-0.05, 0) is 74.5 Å². The minimum atomic E-state index is -4.54. The van der Waals surface area contributed by atoms with Crippen LogP contribution in [0.1, 0.15) is 56.6 Å². The summed E-state index contributed by atoms with van der Waals surface area (Å²) >= 11 is 0. The summed E-state index contributed by atoms with van der Waals surface area (Å²) in [6.45, 7) is 3.65. The second kappa shape index (κ2) is 9.30. The molecule has 1 heterocycles. The molecule has 2 aromatic carbocycles. The van der Waals surface area contributed by atoms with Crippen molar-refractivity contribution in [2.45, 2.75) is 64.3 Å². The Morgan fingerprint density at radius 2 is 1.75 bits per heavy atom. The van der Waals surface area contributed by atoms with Crippen LogP contribution in [0.5, 0.6) is 5.75 Å². The van der Waals surface area contributed by atoms with Crippen LogP contribution in [0.4, 0.5) is 13.2 Å². The van der Waals surface area contributed by atoms with Crippen molar-refractivity contribution in [2.24, 2.45) is 11.8 Å². The van der Waals surface area contributed by atoms with E-state index < -0.39 is 17.7 Å². The number of aliphatic carboxylic acids is 1. The lowest BCUT2D eigenvalue weighted by Gasteiger charge is -2.31. The molecule has 0 spiro atoms. The second-order valence-corrected chi connectivity index (χ2v) is 9.34. The number of ether oxygens (including phenoxy) is 1. The molecule has 4 rings (SSSR count). The number of fused-ring (bicyclic) bond motifs is 1. The van der Waals surface area contributed by atoms with Gasteiger partial charge in [0.05, 0.1) is 12.0 Å². The smallest absolute Gasteiger partial charge is 0.420 e. The maximum atomic E-state index is 14.3. The number of benzene rings is 2. The van der Waals surface area contributed by atoms with Gasteiger partial charge < -0.3 is 9.84 Å². The first-order valence-electron chi connectivity index (χ1n) is 11.5. The Kier molecular flexibility index (Phi) is 6.65. The van der Waals surface area contributed by atoms with E-state index in [1.54, 1.807) is 24.3 Å². The van der Waals surface area contributed by atoms with Gasteiger partial charge in [0.15, 0.2) is 0 Å². The zero-order valence-corrected chi connectivity index (χ0v) is 18.3. The van der Waals surface area contributed by atoms with Crippen LogP contribution < -0.4 is 4.74 Å². The molecule has 0 radical (unpaired) electrons. The van der Waals surface area contributed by atoms with Crippen molar-refractivity contribution >= 4 is 16.7 Å². The molecular formula is C25H30F3NO3. The Hall–Kier alpha value is -2.28. The van der Waals surface area contributed by atoms with E-state index >= 15 is 0 Å². The van der Waals surface area contributed by atoms with E-state index in [2.05, 4.69) is 6.92 Å². The highest BCUT2D eigenvalue weighted by Gasteiger charge is 2.38. The fourth-order valence-electron chi connectivity index (χ4n) is 5.05. The molecular weight excluding hydrogens is 419 g/mol. The third kappa shape index (κ3) is 5.03. The average molecular weight is 450 g/mol. The van der Waals surface area contributed by atoms with Gasteiger partial charge in [-0.2, -0.15) is 13.2 Å². The molecule has 0 aromatic heterocycles. The van der Waals surface area contributed by atoms with Gasteiger partial charge in [0.1, 0.15) is 11.3 Å². The number of carboxylic acid groups (broad SMARTS) is 1. The molecule has 4 nitrogen and oxygen atoms in total. The zero-order chi connectivity index (χ0) is 22.9. The quantitative estimate of drug-likeness (QED) is 0.598. The van der Waals surface area contributed by atoms with Crippen molar-refractivity contribution in [3.63, 3.8) is 0 Å². The summed E-state index contributed by atoms with van der Waals surface area (Å²) in [7, 11) is 0. The summed E-state index contributed by atoms with van der Waals surface area (Å²) in [4.78, 5) is 13.3. The summed E-state index contributed by atoms with van der Waals surface area (Å²) in [6, 6.07) is 8.41. The Labute approximate surface area is 186 Å². The van der Waals surface area contributed by atoms with Crippen LogP contribution in [0.15, 0.2) is 30.3 Å². The number of rotatable bonds is 5. The normalized spacial score (nSPS) is 23.4. The third-order valence-electron chi connectivity index (χ3n) is 6.96. The summed E-state index contributed by atoms with van der Waals surface area (Å²) in [6.07, 6.45) is -0.210. The zero-order valence-electron chi connectivity index (χ0n) is 18.3. The van der Waals surface area contributed by atoms with Gasteiger partial charge in [-0.3, -0.25) is 9.69 Å². The summed E-state index contributed by atoms with van der Waals surface area (Å²) < 4.78 is 49.0. The lowest BCUT2D eigenvalue weighted by atomic mass is 9.89. The molecule has 1 aliphatic carbocycles. The molecule has 1 N–H and O–H groups in total. The third-order valence-corrected chi connectivity index (χ3v) is 6.96. The summed E-state index contributed by atoms with van der Waals surface area (Å²) in [5.74, 6) is -0.664. The molecule has 7 heteroatoms. The fourth-order valence-corrected chi connectivity index (χ4v) is 5.05. The number of hydrogen-bond donors (Lipinski definition) is 1. The molecule has 1 saturated carbocycles. The molecule has 0 bridgehead atoms. The molecule has 2 aromatic rings. The van der Waals surface area contributed by atoms with Crippen LogP contribution in [0, 0.1) is 11.8 Å². The Balaban J connectivity index is 1.66. The first-order chi connectivity index (χ1) is 15.2. The van der Waals surface area contributed by atoms with Crippen molar-refractivity contribution in [1.29, 1.82) is 0 Å². The monoisotopic (exact) mass is 449 g/mol. The maximum Gasteiger partial charge on any atom is 0.420 e. The van der Waals surface area contributed by atoms with Gasteiger partial charge in [-0.15, -0.1) is 0 Å². The van der Waals surface area contributed by atoms with Gasteiger partial charge in [0, 0.05) is 11.9 Å². The Bertz CT molecular complexity index is 959. The number of carboxylic acids is 1. The SMILES string of the molecule is CC1CCC(Oc2ccc3cccc(CN4CCC(C(=O)O)CC4)c3c2C(F)(F)F)CC1. The van der Waals surface area contributed by atoms with E-state index in [4.69, 9.17) is 4.74 Å². The van der Waals surface area contributed by atoms with Crippen molar-refractivity contribution in [1.82, 2.24) is 4.90 Å². The van der Waals surface area contributed by atoms with Crippen molar-refractivity contribution in [3.05, 3.63) is 41.5 Å². The number of alkyl halides is 3. The van der Waals surface area contributed by atoms with Gasteiger partial charge in [-0.1, -0.05) is 31.2 Å². The molecule has 174 valence electrons. The molecule has 0 unspecified atom stereocenters. The van der Waals surface area contributed by atoms with Crippen LogP contribution in [0.3, 0.4) is 0 Å². The second-order valence-electron chi connectivity index (χ2n) is 9.34. The number of piperidine rings is 1. The lowest BCUT2D eigenvalue weighted by Crippen LogP contribution is -2.35. The van der Waals surface area contributed by atoms with Crippen molar-refractivity contribution in [3.8, 4) is 5.75 Å². The fraction of sp³-hybridized carbons (Fsp3) is 0.560. The van der Waals surface area contributed by atoms with E-state index in [0.717, 1.165) is 25.7 Å². The van der Waals surface area contributed by atoms with Gasteiger partial charge in [0.25, 0.3) is 0 Å². The van der Waals surface area contributed by atoms with Crippen molar-refractivity contribution in [2.75, 3.05) is 13.1 Å². The molecule has 32 heavy (non-hydrogen) atoms. The van der Waals surface area contributed by atoms with Crippen LogP contribution in [0.25, 0.3) is 10.8 Å². The van der Waals surface area contributed by atoms with Crippen LogP contribution in [-0.4, -0.2) is 35.2 Å². The van der Waals surface area contributed by atoms with Gasteiger partial charge in [-0.25, -0.2) is 0 Å². The number of halogens is 3. The molecule has 2 aliphatic rings. The highest BCUT2D eigenvalue weighted by Crippen LogP contribution is 2.44. The van der Waals surface area contributed by atoms with E-state index in [0.29, 0.717) is 49.3 Å². The molecule has 0 amide bonds. The van der Waals surface area contributed by atoms with E-state index in [9.17, 15) is 23.1 Å². The minimum absolute atomic E-state index is 0.0819. The number of carbonyl (C=O) groups is 1. The molecule has 1 aliphatic heterocycles. The van der Waals surface area contributed by atoms with E-state index in [-0.39, 0.29) is 23.2 Å². The first kappa shape index (κ1) is 22.9. The van der Waals surface area contributed by atoms with Gasteiger partial charge in [0.2, 0.25) is 0 Å². The van der Waals surface area contributed by atoms with Crippen molar-refractivity contribution < 1.29 is 27.8 Å². The minimum Gasteiger partial charge on any atom is -0.490 e.